The fraction of sp³-hybridized carbons (Fsp3) is 0.393. The Balaban J connectivity index is 1.28. The van der Waals surface area contributed by atoms with Gasteiger partial charge in [-0.25, -0.2) is 4.79 Å². The quantitative estimate of drug-likeness (QED) is 0.502. The first-order valence-corrected chi connectivity index (χ1v) is 11.8. The van der Waals surface area contributed by atoms with Crippen LogP contribution in [-0.2, 0) is 12.8 Å². The second-order valence-electron chi connectivity index (χ2n) is 9.47. The molecule has 4 rings (SSSR count). The summed E-state index contributed by atoms with van der Waals surface area (Å²) >= 11 is 0. The highest BCUT2D eigenvalue weighted by Crippen LogP contribution is 2.35. The van der Waals surface area contributed by atoms with Gasteiger partial charge in [-0.2, -0.15) is 0 Å². The molecule has 2 aromatic carbocycles. The number of carbonyl (C=O) groups excluding carboxylic acids is 1. The van der Waals surface area contributed by atoms with E-state index in [1.165, 1.54) is 11.1 Å². The summed E-state index contributed by atoms with van der Waals surface area (Å²) < 4.78 is 11.1. The second-order valence-corrected chi connectivity index (χ2v) is 9.47. The summed E-state index contributed by atoms with van der Waals surface area (Å²) in [5.74, 6) is 1.00. The highest BCUT2D eigenvalue weighted by Gasteiger charge is 2.37. The lowest BCUT2D eigenvalue weighted by Gasteiger charge is -2.45. The fourth-order valence-electron chi connectivity index (χ4n) is 4.76. The van der Waals surface area contributed by atoms with E-state index >= 15 is 0 Å². The molecule has 174 valence electrons. The molecule has 5 heteroatoms. The zero-order chi connectivity index (χ0) is 23.3. The molecule has 0 unspecified atom stereocenters. The van der Waals surface area contributed by atoms with Crippen molar-refractivity contribution in [1.82, 2.24) is 10.2 Å². The number of benzene rings is 2. The van der Waals surface area contributed by atoms with Crippen molar-refractivity contribution in [2.45, 2.75) is 57.0 Å². The van der Waals surface area contributed by atoms with Crippen LogP contribution in [0.15, 0.2) is 71.1 Å². The molecule has 1 N–H and O–H groups in total. The van der Waals surface area contributed by atoms with Crippen LogP contribution in [0.2, 0.25) is 0 Å². The molecule has 3 aromatic rings. The van der Waals surface area contributed by atoms with Gasteiger partial charge in [-0.05, 0) is 70.3 Å². The van der Waals surface area contributed by atoms with Crippen molar-refractivity contribution in [3.05, 3.63) is 89.2 Å². The zero-order valence-electron chi connectivity index (χ0n) is 19.8. The normalized spacial score (nSPS) is 20.5. The smallest absolute Gasteiger partial charge is 0.415 e. The van der Waals surface area contributed by atoms with Gasteiger partial charge in [0.2, 0.25) is 0 Å². The van der Waals surface area contributed by atoms with E-state index in [2.05, 4.69) is 55.5 Å². The first-order chi connectivity index (χ1) is 15.9. The third-order valence-electron chi connectivity index (χ3n) is 6.89. The number of hydrogen-bond acceptors (Lipinski definition) is 4. The molecule has 1 heterocycles. The molecular formula is C28H34N2O3. The minimum atomic E-state index is -0.448. The van der Waals surface area contributed by atoms with Gasteiger partial charge in [-0.1, -0.05) is 60.2 Å². The van der Waals surface area contributed by atoms with E-state index in [0.29, 0.717) is 6.42 Å². The largest absolute Gasteiger partial charge is 0.430 e. The molecule has 1 amide bonds. The summed E-state index contributed by atoms with van der Waals surface area (Å²) in [6, 6.07) is 22.6. The monoisotopic (exact) mass is 446 g/mol. The number of likely N-dealkylation sites (N-methyl/N-ethyl adjacent to an activating group) is 1. The van der Waals surface area contributed by atoms with Crippen molar-refractivity contribution < 1.29 is 13.9 Å². The molecule has 33 heavy (non-hydrogen) atoms. The molecule has 0 spiro atoms. The Labute approximate surface area is 196 Å². The van der Waals surface area contributed by atoms with Gasteiger partial charge in [0.15, 0.2) is 0 Å². The molecule has 1 fully saturated rings. The molecule has 1 aromatic heterocycles. The number of carbonyl (C=O) groups is 1. The van der Waals surface area contributed by atoms with Crippen LogP contribution >= 0.6 is 0 Å². The number of hydrogen-bond donors (Lipinski definition) is 1. The molecule has 0 saturated heterocycles. The fourth-order valence-corrected chi connectivity index (χ4v) is 4.76. The third kappa shape index (κ3) is 6.05. The molecule has 0 bridgehead atoms. The third-order valence-corrected chi connectivity index (χ3v) is 6.89. The van der Waals surface area contributed by atoms with Crippen LogP contribution < -0.4 is 10.1 Å². The first-order valence-electron chi connectivity index (χ1n) is 11.8. The van der Waals surface area contributed by atoms with Gasteiger partial charge in [0, 0.05) is 24.1 Å². The Bertz CT molecular complexity index is 1030. The maximum atomic E-state index is 12.5. The SMILES string of the molecule is Cc1ccc(CC2(N(C)C)CCC(NC(=O)Oc3ccc(Cc4ccccc4)o3)CC2)cc1. The molecular weight excluding hydrogens is 412 g/mol. The predicted octanol–water partition coefficient (Wildman–Crippen LogP) is 5.75. The number of rotatable bonds is 7. The molecule has 0 atom stereocenters. The number of amides is 1. The topological polar surface area (TPSA) is 54.7 Å². The van der Waals surface area contributed by atoms with Gasteiger partial charge >= 0.3 is 6.09 Å². The number of nitrogens with zero attached hydrogens (tertiary/aromatic N) is 1. The Morgan fingerprint density at radius 1 is 1.00 bits per heavy atom. The minimum absolute atomic E-state index is 0.113. The number of ether oxygens (including phenoxy) is 1. The maximum Gasteiger partial charge on any atom is 0.415 e. The Hall–Kier alpha value is -3.05. The van der Waals surface area contributed by atoms with Crippen LogP contribution in [0.25, 0.3) is 0 Å². The van der Waals surface area contributed by atoms with E-state index in [9.17, 15) is 4.79 Å². The van der Waals surface area contributed by atoms with Crippen LogP contribution in [0.5, 0.6) is 5.95 Å². The molecule has 0 radical (unpaired) electrons. The lowest BCUT2D eigenvalue weighted by atomic mass is 9.75. The average Bonchev–Trinajstić information content (AvgIpc) is 3.23. The van der Waals surface area contributed by atoms with E-state index < -0.39 is 6.09 Å². The molecule has 5 nitrogen and oxygen atoms in total. The standard InChI is InChI=1S/C28H34N2O3/c1-21-9-11-23(12-10-21)20-28(30(2)3)17-15-24(16-18-28)29-27(31)33-26-14-13-25(32-26)19-22-7-5-4-6-8-22/h4-14,24H,15-20H2,1-3H3,(H,29,31). The Kier molecular flexibility index (Phi) is 7.19. The highest BCUT2D eigenvalue weighted by molar-refractivity contribution is 5.70. The van der Waals surface area contributed by atoms with E-state index in [4.69, 9.17) is 9.15 Å². The first kappa shape index (κ1) is 23.1. The van der Waals surface area contributed by atoms with E-state index in [1.807, 2.05) is 36.4 Å². The van der Waals surface area contributed by atoms with Crippen LogP contribution in [-0.4, -0.2) is 36.7 Å². The van der Waals surface area contributed by atoms with Gasteiger partial charge in [0.25, 0.3) is 5.95 Å². The van der Waals surface area contributed by atoms with Crippen molar-refractivity contribution in [2.24, 2.45) is 0 Å². The lowest BCUT2D eigenvalue weighted by Crippen LogP contribution is -2.52. The van der Waals surface area contributed by atoms with Crippen molar-refractivity contribution in [1.29, 1.82) is 0 Å². The maximum absolute atomic E-state index is 12.5. The van der Waals surface area contributed by atoms with Crippen LogP contribution in [0.1, 0.15) is 48.1 Å². The lowest BCUT2D eigenvalue weighted by molar-refractivity contribution is 0.0863. The highest BCUT2D eigenvalue weighted by atomic mass is 16.6. The second kappa shape index (κ2) is 10.3. The molecule has 1 aliphatic carbocycles. The van der Waals surface area contributed by atoms with Crippen LogP contribution in [0.3, 0.4) is 0 Å². The van der Waals surface area contributed by atoms with Crippen LogP contribution in [0.4, 0.5) is 4.79 Å². The van der Waals surface area contributed by atoms with Gasteiger partial charge < -0.3 is 19.4 Å². The molecule has 1 aliphatic rings. The molecule has 1 saturated carbocycles. The van der Waals surface area contributed by atoms with Gasteiger partial charge in [0.1, 0.15) is 5.76 Å². The van der Waals surface area contributed by atoms with Crippen molar-refractivity contribution in [2.75, 3.05) is 14.1 Å². The van der Waals surface area contributed by atoms with E-state index in [-0.39, 0.29) is 17.5 Å². The summed E-state index contributed by atoms with van der Waals surface area (Å²) in [6.07, 6.45) is 5.15. The van der Waals surface area contributed by atoms with Crippen molar-refractivity contribution in [3.8, 4) is 5.95 Å². The average molecular weight is 447 g/mol. The number of furan rings is 1. The van der Waals surface area contributed by atoms with E-state index in [0.717, 1.165) is 43.4 Å². The van der Waals surface area contributed by atoms with Gasteiger partial charge in [-0.3, -0.25) is 0 Å². The number of nitrogens with one attached hydrogen (secondary N) is 1. The summed E-state index contributed by atoms with van der Waals surface area (Å²) in [5, 5.41) is 3.03. The Morgan fingerprint density at radius 3 is 2.36 bits per heavy atom. The van der Waals surface area contributed by atoms with Gasteiger partial charge in [-0.15, -0.1) is 0 Å². The van der Waals surface area contributed by atoms with Crippen molar-refractivity contribution in [3.63, 3.8) is 0 Å². The zero-order valence-corrected chi connectivity index (χ0v) is 19.8. The summed E-state index contributed by atoms with van der Waals surface area (Å²) in [4.78, 5) is 14.8. The predicted molar refractivity (Wildman–Crippen MR) is 131 cm³/mol. The Morgan fingerprint density at radius 2 is 1.70 bits per heavy atom. The minimum Gasteiger partial charge on any atom is -0.430 e. The number of aryl methyl sites for hydroxylation is 1. The molecule has 0 aliphatic heterocycles. The summed E-state index contributed by atoms with van der Waals surface area (Å²) in [7, 11) is 4.33. The summed E-state index contributed by atoms with van der Waals surface area (Å²) in [5.41, 5.74) is 3.92. The summed E-state index contributed by atoms with van der Waals surface area (Å²) in [6.45, 7) is 2.12. The van der Waals surface area contributed by atoms with Crippen LogP contribution in [0, 0.1) is 6.92 Å². The van der Waals surface area contributed by atoms with Gasteiger partial charge in [0.05, 0.1) is 0 Å². The van der Waals surface area contributed by atoms with Crippen molar-refractivity contribution >= 4 is 6.09 Å². The van der Waals surface area contributed by atoms with E-state index in [1.54, 1.807) is 6.07 Å².